The summed E-state index contributed by atoms with van der Waals surface area (Å²) in [6, 6.07) is 9.87. The van der Waals surface area contributed by atoms with E-state index in [0.29, 0.717) is 6.42 Å². The van der Waals surface area contributed by atoms with Crippen LogP contribution in [-0.2, 0) is 4.79 Å². The predicted octanol–water partition coefficient (Wildman–Crippen LogP) is 0.803. The molecule has 0 unspecified atom stereocenters. The number of carbonyl (C=O) groups is 1. The van der Waals surface area contributed by atoms with Crippen LogP contribution in [0.25, 0.3) is 6.08 Å². The molecule has 15 heavy (non-hydrogen) atoms. The summed E-state index contributed by atoms with van der Waals surface area (Å²) >= 11 is 0. The second-order valence-electron chi connectivity index (χ2n) is 3.92. The number of quaternary nitrogens is 1. The first-order valence-electron chi connectivity index (χ1n) is 5.23. The van der Waals surface area contributed by atoms with Crippen LogP contribution in [0.4, 0.5) is 0 Å². The molecule has 0 aliphatic carbocycles. The van der Waals surface area contributed by atoms with Gasteiger partial charge in [-0.2, -0.15) is 0 Å². The molecule has 2 heteroatoms. The van der Waals surface area contributed by atoms with Crippen LogP contribution >= 0.6 is 0 Å². The first kappa shape index (κ1) is 11.7. The molecule has 80 valence electrons. The topological polar surface area (TPSA) is 21.5 Å². The van der Waals surface area contributed by atoms with Crippen molar-refractivity contribution >= 4 is 11.9 Å². The average Bonchev–Trinajstić information content (AvgIpc) is 2.25. The lowest BCUT2D eigenvalue weighted by molar-refractivity contribution is -0.857. The van der Waals surface area contributed by atoms with Gasteiger partial charge in [-0.3, -0.25) is 4.79 Å². The highest BCUT2D eigenvalue weighted by molar-refractivity contribution is 5.93. The van der Waals surface area contributed by atoms with E-state index < -0.39 is 0 Å². The third-order valence-corrected chi connectivity index (χ3v) is 2.13. The lowest BCUT2D eigenvalue weighted by Crippen LogP contribution is -3.05. The number of carbonyl (C=O) groups excluding carboxylic acids is 1. The van der Waals surface area contributed by atoms with Crippen LogP contribution in [0.15, 0.2) is 36.4 Å². The Morgan fingerprint density at radius 2 is 1.93 bits per heavy atom. The maximum Gasteiger partial charge on any atom is 0.161 e. The van der Waals surface area contributed by atoms with Crippen LogP contribution in [0.1, 0.15) is 12.0 Å². The molecule has 1 aromatic carbocycles. The minimum Gasteiger partial charge on any atom is -0.339 e. The molecular formula is C13H18NO+. The Morgan fingerprint density at radius 1 is 1.27 bits per heavy atom. The summed E-state index contributed by atoms with van der Waals surface area (Å²) in [5, 5.41) is 0. The molecule has 0 fully saturated rings. The van der Waals surface area contributed by atoms with Gasteiger partial charge in [0.15, 0.2) is 5.78 Å². The van der Waals surface area contributed by atoms with Gasteiger partial charge < -0.3 is 4.90 Å². The Hall–Kier alpha value is -1.41. The lowest BCUT2D eigenvalue weighted by Gasteiger charge is -2.03. The number of hydrogen-bond donors (Lipinski definition) is 1. The minimum absolute atomic E-state index is 0.194. The van der Waals surface area contributed by atoms with E-state index in [9.17, 15) is 4.79 Å². The fourth-order valence-corrected chi connectivity index (χ4v) is 1.21. The van der Waals surface area contributed by atoms with Gasteiger partial charge in [-0.25, -0.2) is 0 Å². The Bertz CT molecular complexity index is 328. The van der Waals surface area contributed by atoms with Crippen LogP contribution in [0.3, 0.4) is 0 Å². The van der Waals surface area contributed by atoms with E-state index in [1.54, 1.807) is 6.08 Å². The van der Waals surface area contributed by atoms with Crippen molar-refractivity contribution in [2.75, 3.05) is 20.6 Å². The van der Waals surface area contributed by atoms with Crippen LogP contribution in [0, 0.1) is 0 Å². The third-order valence-electron chi connectivity index (χ3n) is 2.13. The second kappa shape index (κ2) is 6.14. The van der Waals surface area contributed by atoms with Gasteiger partial charge in [0, 0.05) is 0 Å². The third kappa shape index (κ3) is 5.13. The fourth-order valence-electron chi connectivity index (χ4n) is 1.21. The summed E-state index contributed by atoms with van der Waals surface area (Å²) < 4.78 is 0. The first-order valence-corrected chi connectivity index (χ1v) is 5.23. The first-order chi connectivity index (χ1) is 7.18. The fraction of sp³-hybridized carbons (Fsp3) is 0.308. The number of hydrogen-bond acceptors (Lipinski definition) is 1. The zero-order valence-electron chi connectivity index (χ0n) is 9.36. The lowest BCUT2D eigenvalue weighted by atomic mass is 10.2. The largest absolute Gasteiger partial charge is 0.339 e. The zero-order chi connectivity index (χ0) is 11.1. The van der Waals surface area contributed by atoms with Crippen molar-refractivity contribution in [2.24, 2.45) is 0 Å². The van der Waals surface area contributed by atoms with Crippen LogP contribution in [0.2, 0.25) is 0 Å². The van der Waals surface area contributed by atoms with Crippen LogP contribution < -0.4 is 4.90 Å². The predicted molar refractivity (Wildman–Crippen MR) is 62.8 cm³/mol. The van der Waals surface area contributed by atoms with Crippen molar-refractivity contribution in [1.29, 1.82) is 0 Å². The Labute approximate surface area is 91.2 Å². The minimum atomic E-state index is 0.194. The SMILES string of the molecule is C[NH+](C)CCC(=O)C=Cc1ccccc1. The molecule has 0 atom stereocenters. The van der Waals surface area contributed by atoms with Crippen molar-refractivity contribution in [2.45, 2.75) is 6.42 Å². The maximum atomic E-state index is 11.4. The number of ketones is 1. The van der Waals surface area contributed by atoms with Gasteiger partial charge in [-0.15, -0.1) is 0 Å². The second-order valence-corrected chi connectivity index (χ2v) is 3.92. The smallest absolute Gasteiger partial charge is 0.161 e. The van der Waals surface area contributed by atoms with Gasteiger partial charge in [-0.1, -0.05) is 36.4 Å². The van der Waals surface area contributed by atoms with E-state index in [1.165, 1.54) is 4.90 Å². The summed E-state index contributed by atoms with van der Waals surface area (Å²) in [6.45, 7) is 0.887. The summed E-state index contributed by atoms with van der Waals surface area (Å²) in [7, 11) is 4.10. The van der Waals surface area contributed by atoms with Gasteiger partial charge in [-0.05, 0) is 11.6 Å². The highest BCUT2D eigenvalue weighted by Gasteiger charge is 1.99. The van der Waals surface area contributed by atoms with Crippen LogP contribution in [0.5, 0.6) is 0 Å². The Morgan fingerprint density at radius 3 is 2.53 bits per heavy atom. The zero-order valence-corrected chi connectivity index (χ0v) is 9.36. The van der Waals surface area contributed by atoms with E-state index in [2.05, 4.69) is 0 Å². The molecule has 0 heterocycles. The Balaban J connectivity index is 2.41. The highest BCUT2D eigenvalue weighted by Crippen LogP contribution is 2.01. The molecule has 0 aromatic heterocycles. The van der Waals surface area contributed by atoms with Crippen molar-refractivity contribution in [3.8, 4) is 0 Å². The molecule has 0 aliphatic rings. The molecule has 0 aliphatic heterocycles. The standard InChI is InChI=1S/C13H17NO/c1-14(2)11-10-13(15)9-8-12-6-4-3-5-7-12/h3-9H,10-11H2,1-2H3/p+1. The van der Waals surface area contributed by atoms with E-state index in [0.717, 1.165) is 12.1 Å². The maximum absolute atomic E-state index is 11.4. The molecule has 0 saturated heterocycles. The molecule has 2 nitrogen and oxygen atoms in total. The molecule has 0 radical (unpaired) electrons. The van der Waals surface area contributed by atoms with Crippen molar-refractivity contribution in [3.05, 3.63) is 42.0 Å². The molecule has 0 saturated carbocycles. The number of rotatable bonds is 5. The van der Waals surface area contributed by atoms with Gasteiger partial charge in [0.2, 0.25) is 0 Å². The number of nitrogens with one attached hydrogen (secondary N) is 1. The molecule has 1 N–H and O–H groups in total. The van der Waals surface area contributed by atoms with Gasteiger partial charge in [0.1, 0.15) is 0 Å². The monoisotopic (exact) mass is 204 g/mol. The molecule has 1 aromatic rings. The van der Waals surface area contributed by atoms with E-state index in [4.69, 9.17) is 0 Å². The quantitative estimate of drug-likeness (QED) is 0.704. The van der Waals surface area contributed by atoms with Gasteiger partial charge in [0.05, 0.1) is 27.1 Å². The normalized spacial score (nSPS) is 11.1. The van der Waals surface area contributed by atoms with Gasteiger partial charge >= 0.3 is 0 Å². The molecule has 0 spiro atoms. The van der Waals surface area contributed by atoms with Gasteiger partial charge in [0.25, 0.3) is 0 Å². The summed E-state index contributed by atoms with van der Waals surface area (Å²) in [6.07, 6.45) is 4.15. The number of benzene rings is 1. The molecule has 0 amide bonds. The van der Waals surface area contributed by atoms with Crippen LogP contribution in [-0.4, -0.2) is 26.4 Å². The van der Waals surface area contributed by atoms with E-state index in [-0.39, 0.29) is 5.78 Å². The van der Waals surface area contributed by atoms with E-state index >= 15 is 0 Å². The molecular weight excluding hydrogens is 186 g/mol. The Kier molecular flexibility index (Phi) is 4.78. The summed E-state index contributed by atoms with van der Waals surface area (Å²) in [5.41, 5.74) is 1.07. The van der Waals surface area contributed by atoms with Crippen molar-refractivity contribution in [1.82, 2.24) is 0 Å². The molecule has 1 rings (SSSR count). The molecule has 0 bridgehead atoms. The van der Waals surface area contributed by atoms with E-state index in [1.807, 2.05) is 50.5 Å². The summed E-state index contributed by atoms with van der Waals surface area (Å²) in [5.74, 6) is 0.194. The number of allylic oxidation sites excluding steroid dienone is 1. The average molecular weight is 204 g/mol. The summed E-state index contributed by atoms with van der Waals surface area (Å²) in [4.78, 5) is 12.7. The highest BCUT2D eigenvalue weighted by atomic mass is 16.1. The van der Waals surface area contributed by atoms with Crippen molar-refractivity contribution in [3.63, 3.8) is 0 Å². The van der Waals surface area contributed by atoms with Crippen molar-refractivity contribution < 1.29 is 9.69 Å².